The van der Waals surface area contributed by atoms with Gasteiger partial charge in [0.2, 0.25) is 5.88 Å². The molecular formula is C14H18N4O. The van der Waals surface area contributed by atoms with Crippen molar-refractivity contribution in [2.75, 3.05) is 12.8 Å². The van der Waals surface area contributed by atoms with Crippen LogP contribution in [-0.4, -0.2) is 22.1 Å². The van der Waals surface area contributed by atoms with Crippen molar-refractivity contribution in [3.63, 3.8) is 0 Å². The standard InChI is InChI=1S/C14H18N4O/c1-4-5-11-17-13(9(2)14(15)18-11)10-6-7-16-12(8-10)19-3/h6-8H,4-5H2,1-3H3,(H2,15,17,18). The quantitative estimate of drug-likeness (QED) is 0.911. The number of nitrogens with two attached hydrogens (primary N) is 1. The monoisotopic (exact) mass is 258 g/mol. The first kappa shape index (κ1) is 13.3. The third-order valence-corrected chi connectivity index (χ3v) is 2.92. The topological polar surface area (TPSA) is 73.9 Å². The highest BCUT2D eigenvalue weighted by Gasteiger charge is 2.11. The summed E-state index contributed by atoms with van der Waals surface area (Å²) in [6, 6.07) is 3.75. The highest BCUT2D eigenvalue weighted by molar-refractivity contribution is 5.67. The second-order valence-electron chi connectivity index (χ2n) is 4.34. The predicted octanol–water partition coefficient (Wildman–Crippen LogP) is 2.39. The van der Waals surface area contributed by atoms with Crippen molar-refractivity contribution in [2.24, 2.45) is 0 Å². The van der Waals surface area contributed by atoms with E-state index in [0.717, 1.165) is 35.5 Å². The van der Waals surface area contributed by atoms with E-state index in [1.54, 1.807) is 13.3 Å². The number of methoxy groups -OCH3 is 1. The Morgan fingerprint density at radius 1 is 1.32 bits per heavy atom. The van der Waals surface area contributed by atoms with Gasteiger partial charge in [0, 0.05) is 29.8 Å². The summed E-state index contributed by atoms with van der Waals surface area (Å²) in [4.78, 5) is 13.0. The second kappa shape index (κ2) is 5.65. The molecule has 2 aromatic rings. The van der Waals surface area contributed by atoms with Crippen LogP contribution in [0.1, 0.15) is 24.7 Å². The Kier molecular flexibility index (Phi) is 3.94. The first-order chi connectivity index (χ1) is 9.15. The zero-order valence-corrected chi connectivity index (χ0v) is 11.5. The number of aryl methyl sites for hydroxylation is 1. The third-order valence-electron chi connectivity index (χ3n) is 2.92. The van der Waals surface area contributed by atoms with Gasteiger partial charge in [-0.25, -0.2) is 15.0 Å². The molecule has 5 heteroatoms. The molecule has 0 fully saturated rings. The maximum absolute atomic E-state index is 5.96. The van der Waals surface area contributed by atoms with Gasteiger partial charge in [0.05, 0.1) is 12.8 Å². The summed E-state index contributed by atoms with van der Waals surface area (Å²) in [5.41, 5.74) is 8.63. The summed E-state index contributed by atoms with van der Waals surface area (Å²) >= 11 is 0. The van der Waals surface area contributed by atoms with Crippen molar-refractivity contribution in [3.05, 3.63) is 29.7 Å². The lowest BCUT2D eigenvalue weighted by atomic mass is 10.1. The van der Waals surface area contributed by atoms with E-state index in [0.29, 0.717) is 11.7 Å². The average molecular weight is 258 g/mol. The van der Waals surface area contributed by atoms with E-state index in [2.05, 4.69) is 21.9 Å². The molecule has 0 aliphatic carbocycles. The van der Waals surface area contributed by atoms with Crippen LogP contribution in [0.4, 0.5) is 5.82 Å². The van der Waals surface area contributed by atoms with Crippen molar-refractivity contribution >= 4 is 5.82 Å². The lowest BCUT2D eigenvalue weighted by Crippen LogP contribution is -2.05. The zero-order chi connectivity index (χ0) is 13.8. The smallest absolute Gasteiger partial charge is 0.213 e. The van der Waals surface area contributed by atoms with Gasteiger partial charge in [-0.15, -0.1) is 0 Å². The zero-order valence-electron chi connectivity index (χ0n) is 11.5. The molecule has 0 spiro atoms. The highest BCUT2D eigenvalue weighted by atomic mass is 16.5. The summed E-state index contributed by atoms with van der Waals surface area (Å²) in [6.45, 7) is 4.02. The van der Waals surface area contributed by atoms with Crippen molar-refractivity contribution in [1.29, 1.82) is 0 Å². The molecule has 0 unspecified atom stereocenters. The third kappa shape index (κ3) is 2.81. The maximum Gasteiger partial charge on any atom is 0.213 e. The molecule has 0 bridgehead atoms. The molecule has 5 nitrogen and oxygen atoms in total. The van der Waals surface area contributed by atoms with Crippen LogP contribution in [0.25, 0.3) is 11.3 Å². The SMILES string of the molecule is CCCc1nc(N)c(C)c(-c2ccnc(OC)c2)n1. The Morgan fingerprint density at radius 2 is 2.11 bits per heavy atom. The number of rotatable bonds is 4. The van der Waals surface area contributed by atoms with Crippen LogP contribution in [0.3, 0.4) is 0 Å². The molecule has 0 atom stereocenters. The van der Waals surface area contributed by atoms with Crippen molar-refractivity contribution in [3.8, 4) is 17.1 Å². The first-order valence-corrected chi connectivity index (χ1v) is 6.29. The van der Waals surface area contributed by atoms with Gasteiger partial charge in [-0.3, -0.25) is 0 Å². The fourth-order valence-corrected chi connectivity index (χ4v) is 1.87. The average Bonchev–Trinajstić information content (AvgIpc) is 2.43. The van der Waals surface area contributed by atoms with E-state index in [1.807, 2.05) is 19.1 Å². The van der Waals surface area contributed by atoms with Gasteiger partial charge in [0.15, 0.2) is 0 Å². The molecule has 0 aliphatic rings. The van der Waals surface area contributed by atoms with Crippen LogP contribution in [0, 0.1) is 6.92 Å². The summed E-state index contributed by atoms with van der Waals surface area (Å²) in [5.74, 6) is 1.87. The minimum Gasteiger partial charge on any atom is -0.481 e. The number of nitrogens with zero attached hydrogens (tertiary/aromatic N) is 3. The van der Waals surface area contributed by atoms with Crippen molar-refractivity contribution in [1.82, 2.24) is 15.0 Å². The Labute approximate surface area is 112 Å². The first-order valence-electron chi connectivity index (χ1n) is 6.29. The normalized spacial score (nSPS) is 10.5. The number of pyridine rings is 1. The fraction of sp³-hybridized carbons (Fsp3) is 0.357. The number of ether oxygens (including phenoxy) is 1. The summed E-state index contributed by atoms with van der Waals surface area (Å²) < 4.78 is 5.14. The van der Waals surface area contributed by atoms with Gasteiger partial charge in [-0.1, -0.05) is 6.92 Å². The number of anilines is 1. The fourth-order valence-electron chi connectivity index (χ4n) is 1.87. The molecule has 0 saturated heterocycles. The molecule has 0 aromatic carbocycles. The molecule has 2 rings (SSSR count). The van der Waals surface area contributed by atoms with Crippen molar-refractivity contribution < 1.29 is 4.74 Å². The van der Waals surface area contributed by atoms with E-state index < -0.39 is 0 Å². The molecule has 0 radical (unpaired) electrons. The van der Waals surface area contributed by atoms with Gasteiger partial charge in [0.25, 0.3) is 0 Å². The van der Waals surface area contributed by atoms with E-state index >= 15 is 0 Å². The Morgan fingerprint density at radius 3 is 2.79 bits per heavy atom. The largest absolute Gasteiger partial charge is 0.481 e. The maximum atomic E-state index is 5.96. The van der Waals surface area contributed by atoms with Crippen molar-refractivity contribution in [2.45, 2.75) is 26.7 Å². The minimum absolute atomic E-state index is 0.532. The van der Waals surface area contributed by atoms with Crippen LogP contribution in [0.15, 0.2) is 18.3 Å². The number of aromatic nitrogens is 3. The molecule has 0 amide bonds. The van der Waals surface area contributed by atoms with Gasteiger partial charge >= 0.3 is 0 Å². The molecule has 100 valence electrons. The summed E-state index contributed by atoms with van der Waals surface area (Å²) in [7, 11) is 1.59. The van der Waals surface area contributed by atoms with E-state index in [9.17, 15) is 0 Å². The molecule has 2 aromatic heterocycles. The number of hydrogen-bond donors (Lipinski definition) is 1. The van der Waals surface area contributed by atoms with Crippen LogP contribution >= 0.6 is 0 Å². The summed E-state index contributed by atoms with van der Waals surface area (Å²) in [6.07, 6.45) is 3.51. The lowest BCUT2D eigenvalue weighted by Gasteiger charge is -2.10. The predicted molar refractivity (Wildman–Crippen MR) is 75.0 cm³/mol. The Balaban J connectivity index is 2.53. The van der Waals surface area contributed by atoms with Crippen LogP contribution in [-0.2, 0) is 6.42 Å². The van der Waals surface area contributed by atoms with Crippen LogP contribution < -0.4 is 10.5 Å². The van der Waals surface area contributed by atoms with E-state index in [-0.39, 0.29) is 0 Å². The highest BCUT2D eigenvalue weighted by Crippen LogP contribution is 2.26. The van der Waals surface area contributed by atoms with Gasteiger partial charge in [0.1, 0.15) is 11.6 Å². The van der Waals surface area contributed by atoms with E-state index in [4.69, 9.17) is 10.5 Å². The molecule has 0 aliphatic heterocycles. The number of hydrogen-bond acceptors (Lipinski definition) is 5. The molecule has 19 heavy (non-hydrogen) atoms. The minimum atomic E-state index is 0.532. The molecule has 0 saturated carbocycles. The Bertz CT molecular complexity index is 584. The van der Waals surface area contributed by atoms with E-state index in [1.165, 1.54) is 0 Å². The summed E-state index contributed by atoms with van der Waals surface area (Å²) in [5, 5.41) is 0. The molecule has 2 N–H and O–H groups in total. The van der Waals surface area contributed by atoms with Crippen LogP contribution in [0.2, 0.25) is 0 Å². The van der Waals surface area contributed by atoms with Gasteiger partial charge in [-0.2, -0.15) is 0 Å². The lowest BCUT2D eigenvalue weighted by molar-refractivity contribution is 0.398. The molecule has 2 heterocycles. The van der Waals surface area contributed by atoms with Crippen LogP contribution in [0.5, 0.6) is 5.88 Å². The van der Waals surface area contributed by atoms with Gasteiger partial charge < -0.3 is 10.5 Å². The molecular weight excluding hydrogens is 240 g/mol. The van der Waals surface area contributed by atoms with Gasteiger partial charge in [-0.05, 0) is 19.4 Å². The Hall–Kier alpha value is -2.17. The number of nitrogen functional groups attached to an aromatic ring is 1. The second-order valence-corrected chi connectivity index (χ2v) is 4.34.